The van der Waals surface area contributed by atoms with Crippen LogP contribution in [0.1, 0.15) is 10.6 Å². The van der Waals surface area contributed by atoms with Crippen LogP contribution in [0, 0.1) is 0 Å². The molecule has 0 aliphatic carbocycles. The highest BCUT2D eigenvalue weighted by Gasteiger charge is 2.34. The standard InChI is InChI=1S/C11H7BrF3NOS/c12-7-4-8(18-6-7)5-16-9(11(13,14)15)2-1-3-10(16)17/h1-4,6H,5H2. The number of hydrogen-bond acceptors (Lipinski definition) is 2. The van der Waals surface area contributed by atoms with E-state index in [-0.39, 0.29) is 6.54 Å². The zero-order chi connectivity index (χ0) is 13.3. The molecule has 0 amide bonds. The summed E-state index contributed by atoms with van der Waals surface area (Å²) in [7, 11) is 0. The zero-order valence-corrected chi connectivity index (χ0v) is 11.3. The van der Waals surface area contributed by atoms with E-state index in [4.69, 9.17) is 0 Å². The molecule has 0 aliphatic heterocycles. The van der Waals surface area contributed by atoms with Gasteiger partial charge < -0.3 is 0 Å². The highest BCUT2D eigenvalue weighted by atomic mass is 79.9. The minimum Gasteiger partial charge on any atom is -0.299 e. The van der Waals surface area contributed by atoms with E-state index in [1.54, 1.807) is 11.4 Å². The molecule has 0 aromatic carbocycles. The van der Waals surface area contributed by atoms with Crippen molar-refractivity contribution in [3.05, 3.63) is 55.0 Å². The lowest BCUT2D eigenvalue weighted by Gasteiger charge is -2.13. The fourth-order valence-electron chi connectivity index (χ4n) is 1.52. The van der Waals surface area contributed by atoms with Crippen LogP contribution in [-0.4, -0.2) is 4.57 Å². The molecule has 2 aromatic rings. The SMILES string of the molecule is O=c1cccc(C(F)(F)F)n1Cc1cc(Br)cs1. The predicted octanol–water partition coefficient (Wildman–Crippen LogP) is 3.74. The van der Waals surface area contributed by atoms with Crippen molar-refractivity contribution in [2.45, 2.75) is 12.7 Å². The summed E-state index contributed by atoms with van der Waals surface area (Å²) < 4.78 is 39.8. The molecule has 0 atom stereocenters. The molecule has 2 nitrogen and oxygen atoms in total. The van der Waals surface area contributed by atoms with Crippen LogP contribution in [0.25, 0.3) is 0 Å². The number of aromatic nitrogens is 1. The number of thiophene rings is 1. The molecule has 0 spiro atoms. The maximum atomic E-state index is 12.8. The molecule has 0 fully saturated rings. The van der Waals surface area contributed by atoms with Crippen molar-refractivity contribution in [2.75, 3.05) is 0 Å². The number of hydrogen-bond donors (Lipinski definition) is 0. The van der Waals surface area contributed by atoms with Crippen molar-refractivity contribution in [3.8, 4) is 0 Å². The molecule has 96 valence electrons. The Hall–Kier alpha value is -1.08. The molecule has 2 heterocycles. The smallest absolute Gasteiger partial charge is 0.299 e. The third-order valence-corrected chi connectivity index (χ3v) is 3.96. The monoisotopic (exact) mass is 337 g/mol. The summed E-state index contributed by atoms with van der Waals surface area (Å²) >= 11 is 4.52. The van der Waals surface area contributed by atoms with Crippen molar-refractivity contribution in [1.29, 1.82) is 0 Å². The van der Waals surface area contributed by atoms with Gasteiger partial charge >= 0.3 is 6.18 Å². The first-order valence-electron chi connectivity index (χ1n) is 4.88. The van der Waals surface area contributed by atoms with E-state index in [1.807, 2.05) is 0 Å². The van der Waals surface area contributed by atoms with Gasteiger partial charge in [0.25, 0.3) is 5.56 Å². The summed E-state index contributed by atoms with van der Waals surface area (Å²) in [4.78, 5) is 12.2. The van der Waals surface area contributed by atoms with Crippen molar-refractivity contribution in [2.24, 2.45) is 0 Å². The van der Waals surface area contributed by atoms with E-state index >= 15 is 0 Å². The molecular weight excluding hydrogens is 331 g/mol. The largest absolute Gasteiger partial charge is 0.431 e. The second-order valence-corrected chi connectivity index (χ2v) is 5.48. The van der Waals surface area contributed by atoms with Crippen LogP contribution in [0.3, 0.4) is 0 Å². The van der Waals surface area contributed by atoms with Gasteiger partial charge in [-0.05, 0) is 28.1 Å². The van der Waals surface area contributed by atoms with E-state index in [2.05, 4.69) is 15.9 Å². The normalized spacial score (nSPS) is 11.8. The minimum absolute atomic E-state index is 0.0786. The second-order valence-electron chi connectivity index (χ2n) is 3.56. The van der Waals surface area contributed by atoms with Gasteiger partial charge in [-0.3, -0.25) is 9.36 Å². The van der Waals surface area contributed by atoms with Gasteiger partial charge in [-0.2, -0.15) is 13.2 Å². The number of pyridine rings is 1. The lowest BCUT2D eigenvalue weighted by Crippen LogP contribution is -2.27. The van der Waals surface area contributed by atoms with Gasteiger partial charge in [0.05, 0.1) is 6.54 Å². The van der Waals surface area contributed by atoms with E-state index in [0.29, 0.717) is 4.88 Å². The average molecular weight is 338 g/mol. The molecule has 0 saturated heterocycles. The molecule has 0 unspecified atom stereocenters. The lowest BCUT2D eigenvalue weighted by atomic mass is 10.3. The summed E-state index contributed by atoms with van der Waals surface area (Å²) in [5.74, 6) is 0. The Morgan fingerprint density at radius 2 is 2.06 bits per heavy atom. The fourth-order valence-corrected chi connectivity index (χ4v) is 2.96. The predicted molar refractivity (Wildman–Crippen MR) is 66.8 cm³/mol. The number of nitrogens with zero attached hydrogens (tertiary/aromatic N) is 1. The third kappa shape index (κ3) is 2.84. The molecule has 2 aromatic heterocycles. The molecule has 0 aliphatic rings. The average Bonchev–Trinajstić information content (AvgIpc) is 2.65. The molecule has 0 saturated carbocycles. The Balaban J connectivity index is 2.47. The van der Waals surface area contributed by atoms with E-state index < -0.39 is 17.4 Å². The number of halogens is 4. The van der Waals surface area contributed by atoms with Crippen LogP contribution in [-0.2, 0) is 12.7 Å². The molecular formula is C11H7BrF3NOS. The van der Waals surface area contributed by atoms with Crippen LogP contribution < -0.4 is 5.56 Å². The van der Waals surface area contributed by atoms with Gasteiger partial charge in [0.2, 0.25) is 0 Å². The van der Waals surface area contributed by atoms with Gasteiger partial charge in [0.15, 0.2) is 0 Å². The second kappa shape index (κ2) is 4.89. The molecule has 0 radical (unpaired) electrons. The first kappa shape index (κ1) is 13.4. The lowest BCUT2D eigenvalue weighted by molar-refractivity contribution is -0.144. The highest BCUT2D eigenvalue weighted by molar-refractivity contribution is 9.10. The molecule has 0 bridgehead atoms. The van der Waals surface area contributed by atoms with Crippen molar-refractivity contribution in [1.82, 2.24) is 4.57 Å². The molecule has 18 heavy (non-hydrogen) atoms. The zero-order valence-electron chi connectivity index (χ0n) is 8.87. The van der Waals surface area contributed by atoms with Crippen LogP contribution in [0.15, 0.2) is 38.9 Å². The van der Waals surface area contributed by atoms with Crippen LogP contribution in [0.4, 0.5) is 13.2 Å². The van der Waals surface area contributed by atoms with E-state index in [0.717, 1.165) is 27.2 Å². The number of alkyl halides is 3. The molecule has 7 heteroatoms. The highest BCUT2D eigenvalue weighted by Crippen LogP contribution is 2.29. The summed E-state index contributed by atoms with van der Waals surface area (Å²) in [6, 6.07) is 4.85. The van der Waals surface area contributed by atoms with Crippen molar-refractivity contribution >= 4 is 27.3 Å². The summed E-state index contributed by atoms with van der Waals surface area (Å²) in [6.45, 7) is -0.0786. The van der Waals surface area contributed by atoms with E-state index in [1.165, 1.54) is 11.3 Å². The topological polar surface area (TPSA) is 22.0 Å². The van der Waals surface area contributed by atoms with Gasteiger partial charge in [-0.15, -0.1) is 11.3 Å². The van der Waals surface area contributed by atoms with Crippen LogP contribution >= 0.6 is 27.3 Å². The molecule has 0 N–H and O–H groups in total. The van der Waals surface area contributed by atoms with Crippen molar-refractivity contribution < 1.29 is 13.2 Å². The summed E-state index contributed by atoms with van der Waals surface area (Å²) in [5.41, 5.74) is -1.59. The third-order valence-electron chi connectivity index (χ3n) is 2.28. The fraction of sp³-hybridized carbons (Fsp3) is 0.182. The Bertz CT molecular complexity index is 617. The number of rotatable bonds is 2. The van der Waals surface area contributed by atoms with E-state index in [9.17, 15) is 18.0 Å². The van der Waals surface area contributed by atoms with Gasteiger partial charge in [-0.1, -0.05) is 6.07 Å². The minimum atomic E-state index is -4.53. The Labute approximate surface area is 113 Å². The quantitative estimate of drug-likeness (QED) is 0.818. The maximum absolute atomic E-state index is 12.8. The Morgan fingerprint density at radius 1 is 1.33 bits per heavy atom. The van der Waals surface area contributed by atoms with Gasteiger partial charge in [0.1, 0.15) is 5.69 Å². The van der Waals surface area contributed by atoms with Crippen LogP contribution in [0.2, 0.25) is 0 Å². The maximum Gasteiger partial charge on any atom is 0.431 e. The van der Waals surface area contributed by atoms with Crippen LogP contribution in [0.5, 0.6) is 0 Å². The first-order chi connectivity index (χ1) is 8.38. The Kier molecular flexibility index (Phi) is 3.63. The van der Waals surface area contributed by atoms with Crippen molar-refractivity contribution in [3.63, 3.8) is 0 Å². The van der Waals surface area contributed by atoms with Gasteiger partial charge in [0, 0.05) is 20.8 Å². The summed E-state index contributed by atoms with van der Waals surface area (Å²) in [6.07, 6.45) is -4.53. The Morgan fingerprint density at radius 3 is 2.61 bits per heavy atom. The van der Waals surface area contributed by atoms with Gasteiger partial charge in [-0.25, -0.2) is 0 Å². The molecule has 2 rings (SSSR count). The first-order valence-corrected chi connectivity index (χ1v) is 6.55. The summed E-state index contributed by atoms with van der Waals surface area (Å²) in [5, 5.41) is 1.76.